The summed E-state index contributed by atoms with van der Waals surface area (Å²) in [4.78, 5) is 34.8. The van der Waals surface area contributed by atoms with Gasteiger partial charge in [-0.15, -0.1) is 0 Å². The molecule has 3 heterocycles. The first-order valence-corrected chi connectivity index (χ1v) is 8.48. The van der Waals surface area contributed by atoms with Crippen molar-refractivity contribution in [1.82, 2.24) is 14.5 Å². The van der Waals surface area contributed by atoms with Gasteiger partial charge in [-0.25, -0.2) is 4.98 Å². The van der Waals surface area contributed by atoms with Gasteiger partial charge in [0.15, 0.2) is 11.4 Å². The second-order valence-corrected chi connectivity index (χ2v) is 6.81. The highest BCUT2D eigenvalue weighted by Gasteiger charge is 2.36. The molecule has 1 aliphatic rings. The van der Waals surface area contributed by atoms with Crippen LogP contribution < -0.4 is 10.2 Å². The molecule has 4 rings (SSSR count). The average molecular weight is 394 g/mol. The van der Waals surface area contributed by atoms with Gasteiger partial charge >= 0.3 is 6.01 Å². The van der Waals surface area contributed by atoms with Crippen molar-refractivity contribution < 1.29 is 14.0 Å². The van der Waals surface area contributed by atoms with E-state index in [4.69, 9.17) is 27.6 Å². The first-order valence-electron chi connectivity index (χ1n) is 7.72. The maximum atomic E-state index is 12.3. The Morgan fingerprint density at radius 1 is 1.35 bits per heavy atom. The van der Waals surface area contributed by atoms with Gasteiger partial charge in [0, 0.05) is 13.1 Å². The molecule has 10 heteroatoms. The number of fused-ring (bicyclic) bond motifs is 2. The molecular formula is C16H13Cl2N5O3. The van der Waals surface area contributed by atoms with E-state index in [2.05, 4.69) is 15.3 Å². The topological polar surface area (TPSA) is 93.3 Å². The molecule has 2 aromatic heterocycles. The molecule has 0 fully saturated rings. The van der Waals surface area contributed by atoms with Crippen LogP contribution in [0.5, 0.6) is 0 Å². The second-order valence-electron chi connectivity index (χ2n) is 6.00. The van der Waals surface area contributed by atoms with Gasteiger partial charge in [0.2, 0.25) is 11.7 Å². The third kappa shape index (κ3) is 2.62. The summed E-state index contributed by atoms with van der Waals surface area (Å²) >= 11 is 11.9. The monoisotopic (exact) mass is 393 g/mol. The number of carbonyl (C=O) groups is 2. The molecule has 1 N–H and O–H groups in total. The zero-order chi connectivity index (χ0) is 18.6. The van der Waals surface area contributed by atoms with Crippen molar-refractivity contribution in [3.63, 3.8) is 0 Å². The third-order valence-corrected chi connectivity index (χ3v) is 5.06. The number of hydrogen-bond acceptors (Lipinski definition) is 6. The molecule has 0 aliphatic carbocycles. The molecule has 134 valence electrons. The fourth-order valence-electron chi connectivity index (χ4n) is 2.85. The summed E-state index contributed by atoms with van der Waals surface area (Å²) in [5.74, 6) is 0.101. The van der Waals surface area contributed by atoms with Crippen molar-refractivity contribution in [3.05, 3.63) is 34.2 Å². The maximum Gasteiger partial charge on any atom is 0.302 e. The molecule has 0 spiro atoms. The molecular weight excluding hydrogens is 381 g/mol. The number of carbonyl (C=O) groups excluding carboxylic acids is 2. The van der Waals surface area contributed by atoms with Crippen LogP contribution in [0.1, 0.15) is 17.4 Å². The molecule has 8 nitrogen and oxygen atoms in total. The van der Waals surface area contributed by atoms with E-state index in [1.807, 2.05) is 0 Å². The zero-order valence-electron chi connectivity index (χ0n) is 13.8. The van der Waals surface area contributed by atoms with E-state index >= 15 is 0 Å². The molecule has 1 amide bonds. The van der Waals surface area contributed by atoms with E-state index in [1.165, 1.54) is 17.0 Å². The van der Waals surface area contributed by atoms with Crippen molar-refractivity contribution in [2.24, 2.45) is 0 Å². The Kier molecular flexibility index (Phi) is 3.89. The zero-order valence-corrected chi connectivity index (χ0v) is 15.3. The van der Waals surface area contributed by atoms with Crippen molar-refractivity contribution in [2.45, 2.75) is 19.5 Å². The minimum Gasteiger partial charge on any atom is -0.423 e. The molecule has 0 bridgehead atoms. The van der Waals surface area contributed by atoms with Gasteiger partial charge < -0.3 is 13.9 Å². The number of amides is 1. The first kappa shape index (κ1) is 16.9. The standard InChI is InChI=1S/C16H13Cl2N5O3/c1-7-14(25)13-15(22(7)2)19-6-23(13)5-12(24)21-16-20-10-3-8(17)9(18)4-11(10)26-16/h3-4,6-7H,5H2,1-2H3,(H,20,21,24). The predicted octanol–water partition coefficient (Wildman–Crippen LogP) is 2.99. The van der Waals surface area contributed by atoms with Crippen molar-refractivity contribution in [2.75, 3.05) is 17.3 Å². The Morgan fingerprint density at radius 2 is 2.08 bits per heavy atom. The van der Waals surface area contributed by atoms with E-state index in [9.17, 15) is 9.59 Å². The van der Waals surface area contributed by atoms with Crippen molar-refractivity contribution in [1.29, 1.82) is 0 Å². The molecule has 1 aromatic carbocycles. The first-order chi connectivity index (χ1) is 12.3. The second kappa shape index (κ2) is 6.00. The van der Waals surface area contributed by atoms with Crippen molar-refractivity contribution in [3.8, 4) is 0 Å². The minimum atomic E-state index is -0.399. The highest BCUT2D eigenvalue weighted by Crippen LogP contribution is 2.30. The number of likely N-dealkylation sites (N-methyl/N-ethyl adjacent to an activating group) is 1. The number of benzene rings is 1. The number of ketones is 1. The summed E-state index contributed by atoms with van der Waals surface area (Å²) in [6.07, 6.45) is 1.47. The number of hydrogen-bond donors (Lipinski definition) is 1. The third-order valence-electron chi connectivity index (χ3n) is 4.34. The number of aromatic nitrogens is 3. The maximum absolute atomic E-state index is 12.3. The number of nitrogens with one attached hydrogen (secondary N) is 1. The van der Waals surface area contributed by atoms with Crippen LogP contribution in [0.3, 0.4) is 0 Å². The number of halogens is 2. The number of rotatable bonds is 3. The van der Waals surface area contributed by atoms with Crippen LogP contribution in [-0.2, 0) is 11.3 Å². The Balaban J connectivity index is 1.54. The Hall–Kier alpha value is -2.58. The summed E-state index contributed by atoms with van der Waals surface area (Å²) in [5, 5.41) is 3.24. The molecule has 0 saturated carbocycles. The van der Waals surface area contributed by atoms with Gasteiger partial charge in [0.05, 0.1) is 22.4 Å². The van der Waals surface area contributed by atoms with E-state index in [0.29, 0.717) is 32.7 Å². The summed E-state index contributed by atoms with van der Waals surface area (Å²) in [6, 6.07) is 2.81. The van der Waals surface area contributed by atoms with Gasteiger partial charge in [-0.05, 0) is 13.0 Å². The van der Waals surface area contributed by atoms with Crippen LogP contribution >= 0.6 is 23.2 Å². The lowest BCUT2D eigenvalue weighted by Crippen LogP contribution is -2.29. The summed E-state index contributed by atoms with van der Waals surface area (Å²) in [5.41, 5.74) is 1.30. The van der Waals surface area contributed by atoms with Crippen LogP contribution in [0, 0.1) is 0 Å². The fraction of sp³-hybridized carbons (Fsp3) is 0.250. The number of Topliss-reactive ketones (excluding diaryl/α,β-unsaturated/α-hetero) is 1. The largest absolute Gasteiger partial charge is 0.423 e. The molecule has 1 aliphatic heterocycles. The number of anilines is 2. The van der Waals surface area contributed by atoms with Crippen LogP contribution in [0.25, 0.3) is 11.1 Å². The quantitative estimate of drug-likeness (QED) is 0.734. The van der Waals surface area contributed by atoms with Gasteiger partial charge in [0.1, 0.15) is 17.8 Å². The van der Waals surface area contributed by atoms with E-state index in [1.54, 1.807) is 24.9 Å². The molecule has 26 heavy (non-hydrogen) atoms. The Bertz CT molecular complexity index is 1020. The number of nitrogens with zero attached hydrogens (tertiary/aromatic N) is 4. The summed E-state index contributed by atoms with van der Waals surface area (Å²) in [7, 11) is 1.79. The SMILES string of the molecule is CC1C(=O)c2c(ncn2CC(=O)Nc2nc3cc(Cl)c(Cl)cc3o2)N1C. The highest BCUT2D eigenvalue weighted by atomic mass is 35.5. The molecule has 3 aromatic rings. The minimum absolute atomic E-state index is 0.0249. The van der Waals surface area contributed by atoms with Crippen LogP contribution in [0.15, 0.2) is 22.9 Å². The Labute approximate surface area is 157 Å². The van der Waals surface area contributed by atoms with Crippen LogP contribution in [0.2, 0.25) is 10.0 Å². The lowest BCUT2D eigenvalue weighted by molar-refractivity contribution is -0.116. The smallest absolute Gasteiger partial charge is 0.302 e. The lowest BCUT2D eigenvalue weighted by atomic mass is 10.2. The molecule has 0 radical (unpaired) electrons. The van der Waals surface area contributed by atoms with E-state index in [0.717, 1.165) is 0 Å². The summed E-state index contributed by atoms with van der Waals surface area (Å²) < 4.78 is 6.97. The Morgan fingerprint density at radius 3 is 2.85 bits per heavy atom. The van der Waals surface area contributed by atoms with Crippen LogP contribution in [-0.4, -0.2) is 39.3 Å². The van der Waals surface area contributed by atoms with Gasteiger partial charge in [-0.3, -0.25) is 14.9 Å². The van der Waals surface area contributed by atoms with E-state index in [-0.39, 0.29) is 24.4 Å². The van der Waals surface area contributed by atoms with E-state index < -0.39 is 5.91 Å². The lowest BCUT2D eigenvalue weighted by Gasteiger charge is -2.14. The number of oxazole rings is 1. The average Bonchev–Trinajstić information content (AvgIpc) is 3.21. The molecule has 1 atom stereocenters. The predicted molar refractivity (Wildman–Crippen MR) is 97.1 cm³/mol. The van der Waals surface area contributed by atoms with Crippen LogP contribution in [0.4, 0.5) is 11.8 Å². The normalized spacial score (nSPS) is 16.4. The van der Waals surface area contributed by atoms with Gasteiger partial charge in [-0.1, -0.05) is 23.2 Å². The fourth-order valence-corrected chi connectivity index (χ4v) is 3.16. The number of imidazole rings is 1. The molecule has 1 unspecified atom stereocenters. The van der Waals surface area contributed by atoms with Gasteiger partial charge in [-0.2, -0.15) is 4.98 Å². The van der Waals surface area contributed by atoms with Crippen molar-refractivity contribution >= 4 is 57.8 Å². The molecule has 0 saturated heterocycles. The van der Waals surface area contributed by atoms with Gasteiger partial charge in [0.25, 0.3) is 0 Å². The highest BCUT2D eigenvalue weighted by molar-refractivity contribution is 6.42. The summed E-state index contributed by atoms with van der Waals surface area (Å²) in [6.45, 7) is 1.71.